The number of nitrogens with zero attached hydrogens (tertiary/aromatic N) is 2. The number of rotatable bonds is 4. The molecule has 0 aromatic heterocycles. The number of amides is 5. The average Bonchev–Trinajstić information content (AvgIpc) is 3.33. The predicted octanol–water partition coefficient (Wildman–Crippen LogP) is 1.62. The van der Waals surface area contributed by atoms with Crippen LogP contribution in [0.15, 0.2) is 24.3 Å². The highest BCUT2D eigenvalue weighted by Gasteiger charge is 2.52. The van der Waals surface area contributed by atoms with Crippen LogP contribution in [-0.4, -0.2) is 47.3 Å². The summed E-state index contributed by atoms with van der Waals surface area (Å²) in [6.45, 7) is 0.347. The van der Waals surface area contributed by atoms with Crippen LogP contribution in [0.5, 0.6) is 0 Å². The Morgan fingerprint density at radius 1 is 1.15 bits per heavy atom. The molecule has 2 saturated heterocycles. The average molecular weight is 370 g/mol. The minimum atomic E-state index is -0.812. The summed E-state index contributed by atoms with van der Waals surface area (Å²) in [6.07, 6.45) is 4.40. The Balaban J connectivity index is 1.42. The predicted molar refractivity (Wildman–Crippen MR) is 98.1 cm³/mol. The van der Waals surface area contributed by atoms with Gasteiger partial charge in [-0.25, -0.2) is 4.79 Å². The van der Waals surface area contributed by atoms with Gasteiger partial charge in [0, 0.05) is 24.3 Å². The number of carbonyl (C=O) groups excluding carboxylic acids is 4. The molecule has 3 fully saturated rings. The molecule has 27 heavy (non-hydrogen) atoms. The van der Waals surface area contributed by atoms with E-state index in [-0.39, 0.29) is 18.4 Å². The van der Waals surface area contributed by atoms with Crippen LogP contribution in [-0.2, 0) is 14.4 Å². The summed E-state index contributed by atoms with van der Waals surface area (Å²) in [5.41, 5.74) is 0.447. The Morgan fingerprint density at radius 3 is 2.63 bits per heavy atom. The number of imide groups is 1. The topological polar surface area (TPSA) is 98.8 Å². The van der Waals surface area contributed by atoms with Gasteiger partial charge in [-0.15, -0.1) is 0 Å². The standard InChI is InChI=1S/C19H22N4O4/c24-15(12-23-17(26)19(21-18(23)27)8-1-2-9-19)20-13-5-3-6-14(11-13)22-10-4-7-16(22)25/h3,5-6,11H,1-2,4,7-10,12H2,(H,20,24)(H,21,27). The lowest BCUT2D eigenvalue weighted by atomic mass is 9.98. The summed E-state index contributed by atoms with van der Waals surface area (Å²) >= 11 is 0. The van der Waals surface area contributed by atoms with Crippen molar-refractivity contribution in [3.05, 3.63) is 24.3 Å². The van der Waals surface area contributed by atoms with E-state index >= 15 is 0 Å². The van der Waals surface area contributed by atoms with Crippen LogP contribution in [0.4, 0.5) is 16.2 Å². The second-order valence-corrected chi connectivity index (χ2v) is 7.36. The summed E-state index contributed by atoms with van der Waals surface area (Å²) in [4.78, 5) is 51.7. The molecule has 8 nitrogen and oxygen atoms in total. The molecule has 3 aliphatic rings. The monoisotopic (exact) mass is 370 g/mol. The van der Waals surface area contributed by atoms with Gasteiger partial charge in [-0.1, -0.05) is 18.9 Å². The molecule has 0 bridgehead atoms. The van der Waals surface area contributed by atoms with E-state index < -0.39 is 17.5 Å². The molecule has 1 spiro atoms. The summed E-state index contributed by atoms with van der Waals surface area (Å²) < 4.78 is 0. The van der Waals surface area contributed by atoms with E-state index in [0.29, 0.717) is 31.5 Å². The van der Waals surface area contributed by atoms with Crippen LogP contribution >= 0.6 is 0 Å². The third-order valence-electron chi connectivity index (χ3n) is 5.52. The Hall–Kier alpha value is -2.90. The van der Waals surface area contributed by atoms with Crippen molar-refractivity contribution in [2.24, 2.45) is 0 Å². The van der Waals surface area contributed by atoms with Crippen LogP contribution in [0.25, 0.3) is 0 Å². The lowest BCUT2D eigenvalue weighted by Crippen LogP contribution is -2.44. The van der Waals surface area contributed by atoms with Crippen molar-refractivity contribution in [2.45, 2.75) is 44.1 Å². The third kappa shape index (κ3) is 3.15. The second-order valence-electron chi connectivity index (χ2n) is 7.36. The largest absolute Gasteiger partial charge is 0.325 e. The Morgan fingerprint density at radius 2 is 1.93 bits per heavy atom. The molecule has 0 unspecified atom stereocenters. The van der Waals surface area contributed by atoms with Gasteiger partial charge in [0.25, 0.3) is 5.91 Å². The minimum Gasteiger partial charge on any atom is -0.324 e. The van der Waals surface area contributed by atoms with Gasteiger partial charge in [0.2, 0.25) is 11.8 Å². The highest BCUT2D eigenvalue weighted by Crippen LogP contribution is 2.35. The molecular weight excluding hydrogens is 348 g/mol. The van der Waals surface area contributed by atoms with Crippen molar-refractivity contribution >= 4 is 35.1 Å². The fourth-order valence-corrected chi connectivity index (χ4v) is 4.15. The van der Waals surface area contributed by atoms with Crippen LogP contribution in [0.1, 0.15) is 38.5 Å². The number of hydrogen-bond donors (Lipinski definition) is 2. The number of benzene rings is 1. The van der Waals surface area contributed by atoms with Crippen molar-refractivity contribution in [3.63, 3.8) is 0 Å². The maximum atomic E-state index is 12.6. The highest BCUT2D eigenvalue weighted by molar-refractivity contribution is 6.10. The van der Waals surface area contributed by atoms with Crippen LogP contribution < -0.4 is 15.5 Å². The van der Waals surface area contributed by atoms with Gasteiger partial charge < -0.3 is 15.5 Å². The summed E-state index contributed by atoms with van der Waals surface area (Å²) in [5.74, 6) is -0.685. The molecule has 1 aliphatic carbocycles. The van der Waals surface area contributed by atoms with Crippen LogP contribution in [0.2, 0.25) is 0 Å². The molecule has 0 atom stereocenters. The smallest absolute Gasteiger partial charge is 0.324 e. The maximum absolute atomic E-state index is 12.6. The van der Waals surface area contributed by atoms with E-state index in [0.717, 1.165) is 29.8 Å². The van der Waals surface area contributed by atoms with Crippen molar-refractivity contribution in [1.82, 2.24) is 10.2 Å². The number of hydrogen-bond acceptors (Lipinski definition) is 4. The van der Waals surface area contributed by atoms with Crippen molar-refractivity contribution < 1.29 is 19.2 Å². The van der Waals surface area contributed by atoms with Gasteiger partial charge in [0.1, 0.15) is 12.1 Å². The van der Waals surface area contributed by atoms with E-state index in [4.69, 9.17) is 0 Å². The Kier molecular flexibility index (Phi) is 4.33. The zero-order valence-electron chi connectivity index (χ0n) is 15.0. The zero-order chi connectivity index (χ0) is 19.0. The molecule has 1 saturated carbocycles. The van der Waals surface area contributed by atoms with Crippen molar-refractivity contribution in [2.75, 3.05) is 23.3 Å². The van der Waals surface area contributed by atoms with Gasteiger partial charge in [0.05, 0.1) is 0 Å². The summed E-state index contributed by atoms with van der Waals surface area (Å²) in [5, 5.41) is 5.48. The zero-order valence-corrected chi connectivity index (χ0v) is 15.0. The molecular formula is C19H22N4O4. The van der Waals surface area contributed by atoms with E-state index in [1.54, 1.807) is 23.1 Å². The Labute approximate surface area is 156 Å². The van der Waals surface area contributed by atoms with Gasteiger partial charge in [-0.05, 0) is 37.5 Å². The molecule has 8 heteroatoms. The SMILES string of the molecule is O=C(CN1C(=O)NC2(CCCC2)C1=O)Nc1cccc(N2CCCC2=O)c1. The van der Waals surface area contributed by atoms with Crippen LogP contribution in [0.3, 0.4) is 0 Å². The number of urea groups is 1. The minimum absolute atomic E-state index is 0.0691. The number of nitrogens with one attached hydrogen (secondary N) is 2. The van der Waals surface area contributed by atoms with Gasteiger partial charge in [0.15, 0.2) is 0 Å². The molecule has 0 radical (unpaired) electrons. The first-order valence-corrected chi connectivity index (χ1v) is 9.33. The highest BCUT2D eigenvalue weighted by atomic mass is 16.2. The van der Waals surface area contributed by atoms with E-state index in [2.05, 4.69) is 10.6 Å². The lowest BCUT2D eigenvalue weighted by molar-refractivity contribution is -0.133. The molecule has 1 aromatic rings. The van der Waals surface area contributed by atoms with Crippen molar-refractivity contribution in [3.8, 4) is 0 Å². The molecule has 2 N–H and O–H groups in total. The van der Waals surface area contributed by atoms with E-state index in [9.17, 15) is 19.2 Å². The molecule has 5 amide bonds. The summed E-state index contributed by atoms with van der Waals surface area (Å²) in [6, 6.07) is 6.52. The molecule has 4 rings (SSSR count). The van der Waals surface area contributed by atoms with Crippen molar-refractivity contribution in [1.29, 1.82) is 0 Å². The number of carbonyl (C=O) groups is 4. The number of anilines is 2. The normalized spacial score (nSPS) is 21.3. The first-order chi connectivity index (χ1) is 13.0. The molecule has 2 aliphatic heterocycles. The van der Waals surface area contributed by atoms with Gasteiger partial charge in [-0.3, -0.25) is 19.3 Å². The van der Waals surface area contributed by atoms with Gasteiger partial charge in [-0.2, -0.15) is 0 Å². The van der Waals surface area contributed by atoms with E-state index in [1.165, 1.54) is 0 Å². The fourth-order valence-electron chi connectivity index (χ4n) is 4.15. The second kappa shape index (κ2) is 6.68. The fraction of sp³-hybridized carbons (Fsp3) is 0.474. The molecule has 142 valence electrons. The Bertz CT molecular complexity index is 816. The first-order valence-electron chi connectivity index (χ1n) is 9.33. The quantitative estimate of drug-likeness (QED) is 0.787. The molecule has 2 heterocycles. The lowest BCUT2D eigenvalue weighted by Gasteiger charge is -2.20. The van der Waals surface area contributed by atoms with Crippen LogP contribution in [0, 0.1) is 0 Å². The van der Waals surface area contributed by atoms with Gasteiger partial charge >= 0.3 is 6.03 Å². The molecule has 1 aromatic carbocycles. The van der Waals surface area contributed by atoms with E-state index in [1.807, 2.05) is 6.07 Å². The third-order valence-corrected chi connectivity index (χ3v) is 5.52. The maximum Gasteiger partial charge on any atom is 0.325 e. The first kappa shape index (κ1) is 17.5. The summed E-state index contributed by atoms with van der Waals surface area (Å²) in [7, 11) is 0.